The summed E-state index contributed by atoms with van der Waals surface area (Å²) in [6.07, 6.45) is 5.40. The van der Waals surface area contributed by atoms with Crippen LogP contribution in [0.1, 0.15) is 25.3 Å². The normalized spacial score (nSPS) is 10.5. The van der Waals surface area contributed by atoms with Crippen molar-refractivity contribution in [1.29, 1.82) is 0 Å². The van der Waals surface area contributed by atoms with Gasteiger partial charge in [0.05, 0.1) is 6.26 Å². The van der Waals surface area contributed by atoms with Crippen LogP contribution in [0.25, 0.3) is 11.3 Å². The Morgan fingerprint density at radius 1 is 1.07 bits per heavy atom. The van der Waals surface area contributed by atoms with Crippen LogP contribution in [0.5, 0.6) is 0 Å². The molecular formula is C14H16O. The molecule has 0 aliphatic rings. The molecule has 1 heterocycles. The van der Waals surface area contributed by atoms with E-state index in [2.05, 4.69) is 31.2 Å². The van der Waals surface area contributed by atoms with Gasteiger partial charge in [-0.2, -0.15) is 0 Å². The van der Waals surface area contributed by atoms with Gasteiger partial charge in [0.25, 0.3) is 0 Å². The molecule has 0 atom stereocenters. The number of hydrogen-bond donors (Lipinski definition) is 0. The lowest BCUT2D eigenvalue weighted by atomic mass is 10.1. The first-order chi connectivity index (χ1) is 7.40. The summed E-state index contributed by atoms with van der Waals surface area (Å²) in [5, 5.41) is 0. The quantitative estimate of drug-likeness (QED) is 0.717. The predicted molar refractivity (Wildman–Crippen MR) is 62.8 cm³/mol. The number of unbranched alkanes of at least 4 members (excludes halogenated alkanes) is 1. The molecule has 1 nitrogen and oxygen atoms in total. The Hall–Kier alpha value is -1.50. The van der Waals surface area contributed by atoms with E-state index in [1.165, 1.54) is 24.8 Å². The summed E-state index contributed by atoms with van der Waals surface area (Å²) >= 11 is 0. The Morgan fingerprint density at radius 3 is 2.47 bits per heavy atom. The van der Waals surface area contributed by atoms with Gasteiger partial charge in [0.15, 0.2) is 0 Å². The van der Waals surface area contributed by atoms with Crippen LogP contribution >= 0.6 is 0 Å². The largest absolute Gasteiger partial charge is 0.464 e. The predicted octanol–water partition coefficient (Wildman–Crippen LogP) is 4.29. The minimum absolute atomic E-state index is 0.942. The Labute approximate surface area is 90.7 Å². The highest BCUT2D eigenvalue weighted by Gasteiger charge is 1.99. The van der Waals surface area contributed by atoms with Crippen molar-refractivity contribution in [3.8, 4) is 11.3 Å². The molecule has 0 aliphatic heterocycles. The molecule has 0 bridgehead atoms. The summed E-state index contributed by atoms with van der Waals surface area (Å²) in [4.78, 5) is 0. The third-order valence-electron chi connectivity index (χ3n) is 2.58. The molecule has 0 aliphatic carbocycles. The van der Waals surface area contributed by atoms with Gasteiger partial charge in [0.2, 0.25) is 0 Å². The monoisotopic (exact) mass is 200 g/mol. The molecule has 78 valence electrons. The maximum atomic E-state index is 5.34. The van der Waals surface area contributed by atoms with Gasteiger partial charge >= 0.3 is 0 Å². The standard InChI is InChI=1S/C14H16O/c1-2-3-5-12-7-9-13(10-8-12)14-6-4-11-15-14/h4,6-11H,2-3,5H2,1H3. The number of benzene rings is 1. The zero-order valence-electron chi connectivity index (χ0n) is 9.07. The molecular weight excluding hydrogens is 184 g/mol. The van der Waals surface area contributed by atoms with Crippen LogP contribution in [0.3, 0.4) is 0 Å². The molecule has 0 radical (unpaired) electrons. The fraction of sp³-hybridized carbons (Fsp3) is 0.286. The number of aryl methyl sites for hydroxylation is 1. The first-order valence-electron chi connectivity index (χ1n) is 5.53. The smallest absolute Gasteiger partial charge is 0.133 e. The zero-order chi connectivity index (χ0) is 10.5. The fourth-order valence-corrected chi connectivity index (χ4v) is 1.66. The van der Waals surface area contributed by atoms with Crippen molar-refractivity contribution >= 4 is 0 Å². The van der Waals surface area contributed by atoms with Crippen molar-refractivity contribution in [3.05, 3.63) is 48.2 Å². The second-order valence-corrected chi connectivity index (χ2v) is 3.78. The van der Waals surface area contributed by atoms with E-state index in [9.17, 15) is 0 Å². The van der Waals surface area contributed by atoms with E-state index in [4.69, 9.17) is 4.42 Å². The SMILES string of the molecule is CCCCc1ccc(-c2ccco2)cc1. The number of furan rings is 1. The lowest BCUT2D eigenvalue weighted by Gasteiger charge is -2.01. The molecule has 0 saturated heterocycles. The summed E-state index contributed by atoms with van der Waals surface area (Å²) in [5.74, 6) is 0.942. The first-order valence-corrected chi connectivity index (χ1v) is 5.53. The van der Waals surface area contributed by atoms with Gasteiger partial charge in [0.1, 0.15) is 5.76 Å². The van der Waals surface area contributed by atoms with Crippen LogP contribution in [-0.2, 0) is 6.42 Å². The minimum atomic E-state index is 0.942. The zero-order valence-corrected chi connectivity index (χ0v) is 9.07. The molecule has 0 amide bonds. The van der Waals surface area contributed by atoms with Crippen molar-refractivity contribution in [3.63, 3.8) is 0 Å². The molecule has 1 aromatic heterocycles. The summed E-state index contributed by atoms with van der Waals surface area (Å²) in [6.45, 7) is 2.22. The molecule has 1 aromatic carbocycles. The van der Waals surface area contributed by atoms with E-state index >= 15 is 0 Å². The summed E-state index contributed by atoms with van der Waals surface area (Å²) in [6, 6.07) is 12.5. The minimum Gasteiger partial charge on any atom is -0.464 e. The topological polar surface area (TPSA) is 13.1 Å². The van der Waals surface area contributed by atoms with Crippen LogP contribution in [-0.4, -0.2) is 0 Å². The Balaban J connectivity index is 2.11. The van der Waals surface area contributed by atoms with E-state index in [0.29, 0.717) is 0 Å². The van der Waals surface area contributed by atoms with E-state index in [1.807, 2.05) is 12.1 Å². The summed E-state index contributed by atoms with van der Waals surface area (Å²) in [7, 11) is 0. The highest BCUT2D eigenvalue weighted by molar-refractivity contribution is 5.57. The highest BCUT2D eigenvalue weighted by Crippen LogP contribution is 2.20. The maximum Gasteiger partial charge on any atom is 0.133 e. The lowest BCUT2D eigenvalue weighted by Crippen LogP contribution is -1.84. The van der Waals surface area contributed by atoms with Crippen LogP contribution in [0, 0.1) is 0 Å². The second-order valence-electron chi connectivity index (χ2n) is 3.78. The summed E-state index contributed by atoms with van der Waals surface area (Å²) in [5.41, 5.74) is 2.56. The third-order valence-corrected chi connectivity index (χ3v) is 2.58. The van der Waals surface area contributed by atoms with Gasteiger partial charge < -0.3 is 4.42 Å². The van der Waals surface area contributed by atoms with E-state index in [-0.39, 0.29) is 0 Å². The number of rotatable bonds is 4. The molecule has 0 spiro atoms. The average Bonchev–Trinajstić information content (AvgIpc) is 2.80. The third kappa shape index (κ3) is 2.50. The Kier molecular flexibility index (Phi) is 3.23. The average molecular weight is 200 g/mol. The van der Waals surface area contributed by atoms with E-state index in [1.54, 1.807) is 6.26 Å². The second kappa shape index (κ2) is 4.83. The van der Waals surface area contributed by atoms with Gasteiger partial charge in [-0.15, -0.1) is 0 Å². The van der Waals surface area contributed by atoms with Crippen LogP contribution in [0.4, 0.5) is 0 Å². The van der Waals surface area contributed by atoms with E-state index in [0.717, 1.165) is 11.3 Å². The highest BCUT2D eigenvalue weighted by atomic mass is 16.3. The lowest BCUT2D eigenvalue weighted by molar-refractivity contribution is 0.582. The Bertz CT molecular complexity index is 384. The number of hydrogen-bond acceptors (Lipinski definition) is 1. The van der Waals surface area contributed by atoms with Crippen molar-refractivity contribution in [1.82, 2.24) is 0 Å². The molecule has 1 heteroatoms. The maximum absolute atomic E-state index is 5.34. The first kappa shape index (κ1) is 10.0. The van der Waals surface area contributed by atoms with Gasteiger partial charge in [0, 0.05) is 5.56 Å². The molecule has 0 N–H and O–H groups in total. The molecule has 0 saturated carbocycles. The van der Waals surface area contributed by atoms with Crippen LogP contribution < -0.4 is 0 Å². The Morgan fingerprint density at radius 2 is 1.87 bits per heavy atom. The molecule has 15 heavy (non-hydrogen) atoms. The van der Waals surface area contributed by atoms with E-state index < -0.39 is 0 Å². The van der Waals surface area contributed by atoms with Gasteiger partial charge in [-0.25, -0.2) is 0 Å². The van der Waals surface area contributed by atoms with Crippen LogP contribution in [0.15, 0.2) is 47.1 Å². The van der Waals surface area contributed by atoms with Crippen molar-refractivity contribution < 1.29 is 4.42 Å². The van der Waals surface area contributed by atoms with Crippen LogP contribution in [0.2, 0.25) is 0 Å². The molecule has 2 rings (SSSR count). The van der Waals surface area contributed by atoms with Gasteiger partial charge in [-0.1, -0.05) is 37.6 Å². The molecule has 0 fully saturated rings. The fourth-order valence-electron chi connectivity index (χ4n) is 1.66. The summed E-state index contributed by atoms with van der Waals surface area (Å²) < 4.78 is 5.34. The van der Waals surface area contributed by atoms with Gasteiger partial charge in [-0.05, 0) is 30.5 Å². The van der Waals surface area contributed by atoms with Crippen molar-refractivity contribution in [2.45, 2.75) is 26.2 Å². The van der Waals surface area contributed by atoms with Gasteiger partial charge in [-0.3, -0.25) is 0 Å². The molecule has 2 aromatic rings. The molecule has 0 unspecified atom stereocenters. The van der Waals surface area contributed by atoms with Crippen molar-refractivity contribution in [2.24, 2.45) is 0 Å². The van der Waals surface area contributed by atoms with Crippen molar-refractivity contribution in [2.75, 3.05) is 0 Å².